The van der Waals surface area contributed by atoms with Crippen LogP contribution in [0.25, 0.3) is 0 Å². The fraction of sp³-hybridized carbons (Fsp3) is 0.500. The summed E-state index contributed by atoms with van der Waals surface area (Å²) in [6.45, 7) is 2.72. The Bertz CT molecular complexity index is 410. The normalized spacial score (nSPS) is 28.0. The summed E-state index contributed by atoms with van der Waals surface area (Å²) >= 11 is 3.53. The average molecular weight is 283 g/mol. The monoisotopic (exact) mass is 282 g/mol. The van der Waals surface area contributed by atoms with Crippen LogP contribution in [0.3, 0.4) is 0 Å². The van der Waals surface area contributed by atoms with Gasteiger partial charge in [0.15, 0.2) is 0 Å². The van der Waals surface area contributed by atoms with Gasteiger partial charge in [-0.15, -0.1) is 0 Å². The number of hydrogen-bond donors (Lipinski definition) is 1. The highest BCUT2D eigenvalue weighted by Crippen LogP contribution is 2.35. The molecule has 86 valence electrons. The zero-order valence-corrected chi connectivity index (χ0v) is 10.8. The molecule has 0 aliphatic carbocycles. The highest BCUT2D eigenvalue weighted by molar-refractivity contribution is 9.10. The molecule has 0 aromatic heterocycles. The van der Waals surface area contributed by atoms with Crippen molar-refractivity contribution in [2.24, 2.45) is 5.92 Å². The highest BCUT2D eigenvalue weighted by Gasteiger charge is 2.34. The zero-order chi connectivity index (χ0) is 11.1. The van der Waals surface area contributed by atoms with Crippen LogP contribution in [0.1, 0.15) is 0 Å². The van der Waals surface area contributed by atoms with Crippen LogP contribution in [0, 0.1) is 5.92 Å². The second-order valence-corrected chi connectivity index (χ2v) is 5.43. The predicted octanol–water partition coefficient (Wildman–Crippen LogP) is 2.33. The van der Waals surface area contributed by atoms with Crippen LogP contribution in [0.2, 0.25) is 0 Å². The lowest BCUT2D eigenvalue weighted by Gasteiger charge is -2.27. The maximum Gasteiger partial charge on any atom is 0.0674 e. The molecular weight excluding hydrogens is 268 g/mol. The zero-order valence-electron chi connectivity index (χ0n) is 9.24. The van der Waals surface area contributed by atoms with Crippen LogP contribution in [0.15, 0.2) is 22.7 Å². The van der Waals surface area contributed by atoms with Crippen LogP contribution in [0.5, 0.6) is 0 Å². The fourth-order valence-electron chi connectivity index (χ4n) is 2.58. The maximum absolute atomic E-state index is 5.57. The third-order valence-corrected chi connectivity index (χ3v) is 4.05. The van der Waals surface area contributed by atoms with Crippen molar-refractivity contribution in [1.29, 1.82) is 0 Å². The van der Waals surface area contributed by atoms with E-state index in [9.17, 15) is 0 Å². The van der Waals surface area contributed by atoms with E-state index in [2.05, 4.69) is 51.4 Å². The molecule has 1 aromatic rings. The van der Waals surface area contributed by atoms with Gasteiger partial charge in [-0.2, -0.15) is 0 Å². The highest BCUT2D eigenvalue weighted by atomic mass is 79.9. The van der Waals surface area contributed by atoms with Crippen molar-refractivity contribution < 1.29 is 4.74 Å². The van der Waals surface area contributed by atoms with Crippen molar-refractivity contribution in [3.63, 3.8) is 0 Å². The molecule has 0 bridgehead atoms. The van der Waals surface area contributed by atoms with E-state index in [-0.39, 0.29) is 0 Å². The first-order chi connectivity index (χ1) is 7.75. The predicted molar refractivity (Wildman–Crippen MR) is 69.1 cm³/mol. The number of likely N-dealkylation sites (N-methyl/N-ethyl adjacent to an activating group) is 1. The van der Waals surface area contributed by atoms with Gasteiger partial charge in [-0.1, -0.05) is 15.9 Å². The largest absolute Gasteiger partial charge is 0.383 e. The molecule has 1 N–H and O–H groups in total. The Morgan fingerprint density at radius 1 is 1.44 bits per heavy atom. The van der Waals surface area contributed by atoms with Gasteiger partial charge in [0.05, 0.1) is 30.6 Å². The minimum Gasteiger partial charge on any atom is -0.383 e. The third kappa shape index (κ3) is 1.60. The molecule has 2 heterocycles. The average Bonchev–Trinajstić information content (AvgIpc) is 2.70. The molecule has 1 fully saturated rings. The summed E-state index contributed by atoms with van der Waals surface area (Å²) in [5.41, 5.74) is 2.48. The Morgan fingerprint density at radius 2 is 2.31 bits per heavy atom. The van der Waals surface area contributed by atoms with Crippen molar-refractivity contribution >= 4 is 27.3 Å². The molecule has 2 aliphatic rings. The molecule has 2 atom stereocenters. The van der Waals surface area contributed by atoms with Gasteiger partial charge in [0.1, 0.15) is 0 Å². The quantitative estimate of drug-likeness (QED) is 0.791. The number of nitrogens with one attached hydrogen (secondary N) is 1. The number of hydrogen-bond acceptors (Lipinski definition) is 3. The minimum absolute atomic E-state index is 0.503. The fourth-order valence-corrected chi connectivity index (χ4v) is 2.93. The van der Waals surface area contributed by atoms with Crippen LogP contribution < -0.4 is 10.2 Å². The summed E-state index contributed by atoms with van der Waals surface area (Å²) in [6, 6.07) is 6.89. The number of halogens is 1. The van der Waals surface area contributed by atoms with Crippen molar-refractivity contribution in [2.75, 3.05) is 37.0 Å². The molecule has 1 saturated heterocycles. The Morgan fingerprint density at radius 3 is 3.19 bits per heavy atom. The van der Waals surface area contributed by atoms with Crippen LogP contribution in [-0.2, 0) is 4.74 Å². The van der Waals surface area contributed by atoms with Crippen LogP contribution >= 0.6 is 15.9 Å². The Hall–Kier alpha value is -0.740. The third-order valence-electron chi connectivity index (χ3n) is 3.56. The first kappa shape index (κ1) is 10.4. The molecule has 1 aromatic carbocycles. The molecule has 4 heteroatoms. The van der Waals surface area contributed by atoms with Gasteiger partial charge in [0.2, 0.25) is 0 Å². The summed E-state index contributed by atoms with van der Waals surface area (Å²) in [4.78, 5) is 2.34. The Kier molecular flexibility index (Phi) is 2.56. The SMILES string of the molecule is CN1c2cc(Br)ccc2NCC2COCC21. The van der Waals surface area contributed by atoms with Crippen molar-refractivity contribution in [3.05, 3.63) is 22.7 Å². The molecule has 3 rings (SSSR count). The van der Waals surface area contributed by atoms with Gasteiger partial charge in [-0.05, 0) is 18.2 Å². The molecule has 0 saturated carbocycles. The lowest BCUT2D eigenvalue weighted by Crippen LogP contribution is -2.37. The van der Waals surface area contributed by atoms with E-state index in [0.29, 0.717) is 12.0 Å². The molecule has 3 nitrogen and oxygen atoms in total. The van der Waals surface area contributed by atoms with E-state index < -0.39 is 0 Å². The number of ether oxygens (including phenoxy) is 1. The van der Waals surface area contributed by atoms with Gasteiger partial charge < -0.3 is 15.0 Å². The Balaban J connectivity index is 2.02. The smallest absolute Gasteiger partial charge is 0.0674 e. The first-order valence-electron chi connectivity index (χ1n) is 5.60. The van der Waals surface area contributed by atoms with E-state index in [1.165, 1.54) is 11.4 Å². The first-order valence-corrected chi connectivity index (χ1v) is 6.39. The second kappa shape index (κ2) is 3.93. The minimum atomic E-state index is 0.503. The van der Waals surface area contributed by atoms with E-state index in [1.54, 1.807) is 0 Å². The van der Waals surface area contributed by atoms with Crippen molar-refractivity contribution in [3.8, 4) is 0 Å². The van der Waals surface area contributed by atoms with Crippen molar-refractivity contribution in [1.82, 2.24) is 0 Å². The van der Waals surface area contributed by atoms with Gasteiger partial charge in [0.25, 0.3) is 0 Å². The van der Waals surface area contributed by atoms with E-state index >= 15 is 0 Å². The number of nitrogens with zero attached hydrogens (tertiary/aromatic N) is 1. The van der Waals surface area contributed by atoms with Gasteiger partial charge in [0, 0.05) is 24.0 Å². The molecule has 2 unspecified atom stereocenters. The summed E-state index contributed by atoms with van der Waals surface area (Å²) in [5, 5.41) is 3.51. The topological polar surface area (TPSA) is 24.5 Å². The summed E-state index contributed by atoms with van der Waals surface area (Å²) in [7, 11) is 2.16. The molecule has 2 aliphatic heterocycles. The van der Waals surface area contributed by atoms with Gasteiger partial charge >= 0.3 is 0 Å². The summed E-state index contributed by atoms with van der Waals surface area (Å²) in [5.74, 6) is 0.594. The molecule has 0 amide bonds. The Labute approximate surface area is 104 Å². The summed E-state index contributed by atoms with van der Waals surface area (Å²) in [6.07, 6.45) is 0. The number of anilines is 2. The molecule has 0 spiro atoms. The lowest BCUT2D eigenvalue weighted by atomic mass is 10.0. The molecule has 0 radical (unpaired) electrons. The number of fused-ring (bicyclic) bond motifs is 2. The number of benzene rings is 1. The van der Waals surface area contributed by atoms with Crippen molar-refractivity contribution in [2.45, 2.75) is 6.04 Å². The summed E-state index contributed by atoms with van der Waals surface area (Å²) < 4.78 is 6.69. The van der Waals surface area contributed by atoms with E-state index in [1.807, 2.05) is 0 Å². The molecular formula is C12H15BrN2O. The van der Waals surface area contributed by atoms with E-state index in [4.69, 9.17) is 4.74 Å². The van der Waals surface area contributed by atoms with Gasteiger partial charge in [-0.3, -0.25) is 0 Å². The van der Waals surface area contributed by atoms with Crippen LogP contribution in [-0.4, -0.2) is 32.8 Å². The van der Waals surface area contributed by atoms with Crippen LogP contribution in [0.4, 0.5) is 11.4 Å². The lowest BCUT2D eigenvalue weighted by molar-refractivity contribution is 0.185. The number of rotatable bonds is 0. The van der Waals surface area contributed by atoms with E-state index in [0.717, 1.165) is 24.2 Å². The second-order valence-electron chi connectivity index (χ2n) is 4.52. The maximum atomic E-state index is 5.57. The standard InChI is InChI=1S/C12H15BrN2O/c1-15-11-4-9(13)2-3-10(11)14-5-8-6-16-7-12(8)15/h2-4,8,12,14H,5-7H2,1H3. The molecule has 16 heavy (non-hydrogen) atoms. The van der Waals surface area contributed by atoms with Gasteiger partial charge in [-0.25, -0.2) is 0 Å².